The zero-order chi connectivity index (χ0) is 20.2. The van der Waals surface area contributed by atoms with Gasteiger partial charge >= 0.3 is 6.72 Å². The molecule has 5 unspecified atom stereocenters. The Hall–Kier alpha value is 0.500. The first-order valence-corrected chi connectivity index (χ1v) is 10.9. The minimum absolute atomic E-state index is 0.199. The number of methoxy groups -OCH3 is 1. The van der Waals surface area contributed by atoms with E-state index in [9.17, 15) is 10.00 Å². The van der Waals surface area contributed by atoms with Crippen LogP contribution in [0.25, 0.3) is 0 Å². The van der Waals surface area contributed by atoms with Crippen LogP contribution in [0.2, 0.25) is 0 Å². The van der Waals surface area contributed by atoms with E-state index in [-0.39, 0.29) is 19.4 Å². The molecule has 0 saturated carbocycles. The molecule has 7 atom stereocenters. The van der Waals surface area contributed by atoms with Crippen molar-refractivity contribution in [1.29, 1.82) is 0 Å². The van der Waals surface area contributed by atoms with E-state index in [1.807, 2.05) is 0 Å². The molecule has 0 spiro atoms. The highest BCUT2D eigenvalue weighted by Gasteiger charge is 2.57. The summed E-state index contributed by atoms with van der Waals surface area (Å²) in [5, 5.41) is 10.6. The molecule has 0 bridgehead atoms. The zero-order valence-electron chi connectivity index (χ0n) is 16.1. The van der Waals surface area contributed by atoms with Gasteiger partial charge in [0, 0.05) is 24.5 Å². The summed E-state index contributed by atoms with van der Waals surface area (Å²) in [5.74, 6) is 0. The van der Waals surface area contributed by atoms with Gasteiger partial charge in [-0.05, 0) is 52.8 Å². The van der Waals surface area contributed by atoms with Crippen LogP contribution in [0.3, 0.4) is 0 Å². The summed E-state index contributed by atoms with van der Waals surface area (Å²) >= 11 is 5.15. The van der Waals surface area contributed by atoms with Crippen molar-refractivity contribution in [2.45, 2.75) is 81.6 Å². The lowest BCUT2D eigenvalue weighted by Gasteiger charge is -2.37. The van der Waals surface area contributed by atoms with Crippen LogP contribution in [-0.2, 0) is 35.1 Å². The zero-order valence-corrected chi connectivity index (χ0v) is 17.9. The first kappa shape index (κ1) is 22.8. The van der Waals surface area contributed by atoms with Gasteiger partial charge < -0.3 is 28.7 Å². The lowest BCUT2D eigenvalue weighted by Crippen LogP contribution is -2.49. The number of ether oxygens (including phenoxy) is 3. The molecule has 0 aliphatic carbocycles. The average molecular weight is 404 g/mol. The standard InChI is InChI=1S/C15H27B2O7PS/c1-11(7-14(4,16)22-10(11)20-6)24-25(19,26)21-9-13(3)12(2,18)8-15(5,17)23-13/h10,18H,7-9H2,1-6H3,(H,19,26)/t10?,11-,12-,13?,14?,15?,25?/m1/s1. The van der Waals surface area contributed by atoms with Crippen LogP contribution in [0.15, 0.2) is 0 Å². The Balaban J connectivity index is 2.09. The molecule has 2 rings (SSSR count). The molecule has 2 saturated heterocycles. The smallest absolute Gasteiger partial charge is 0.325 e. The van der Waals surface area contributed by atoms with Gasteiger partial charge in [-0.2, -0.15) is 0 Å². The van der Waals surface area contributed by atoms with Gasteiger partial charge in [0.05, 0.1) is 12.2 Å². The Morgan fingerprint density at radius 2 is 1.73 bits per heavy atom. The van der Waals surface area contributed by atoms with Crippen LogP contribution < -0.4 is 0 Å². The van der Waals surface area contributed by atoms with Crippen LogP contribution >= 0.6 is 6.72 Å². The molecule has 0 aromatic heterocycles. The number of aliphatic hydroxyl groups is 1. The van der Waals surface area contributed by atoms with Crippen LogP contribution in [-0.4, -0.2) is 73.5 Å². The maximum atomic E-state index is 10.6. The quantitative estimate of drug-likeness (QED) is 0.503. The molecule has 0 aromatic carbocycles. The van der Waals surface area contributed by atoms with Crippen molar-refractivity contribution in [3.8, 4) is 0 Å². The van der Waals surface area contributed by atoms with E-state index in [2.05, 4.69) is 0 Å². The largest absolute Gasteiger partial charge is 0.387 e. The van der Waals surface area contributed by atoms with Crippen molar-refractivity contribution in [2.24, 2.45) is 0 Å². The van der Waals surface area contributed by atoms with Gasteiger partial charge in [0.15, 0.2) is 6.29 Å². The van der Waals surface area contributed by atoms with Crippen molar-refractivity contribution in [2.75, 3.05) is 13.7 Å². The second-order valence-corrected chi connectivity index (χ2v) is 11.2. The molecule has 2 heterocycles. The van der Waals surface area contributed by atoms with E-state index in [1.54, 1.807) is 34.6 Å². The molecule has 7 nitrogen and oxygen atoms in total. The second-order valence-electron chi connectivity index (χ2n) is 8.42. The molecule has 0 amide bonds. The Bertz CT molecular complexity index is 603. The third-order valence-corrected chi connectivity index (χ3v) is 6.55. The van der Waals surface area contributed by atoms with Gasteiger partial charge in [-0.1, -0.05) is 0 Å². The van der Waals surface area contributed by atoms with Crippen molar-refractivity contribution in [3.63, 3.8) is 0 Å². The van der Waals surface area contributed by atoms with E-state index in [0.717, 1.165) is 0 Å². The maximum absolute atomic E-state index is 10.6. The molecule has 2 N–H and O–H groups in total. The van der Waals surface area contributed by atoms with Gasteiger partial charge in [-0.3, -0.25) is 4.52 Å². The lowest BCUT2D eigenvalue weighted by atomic mass is 9.75. The Kier molecular flexibility index (Phi) is 5.95. The number of hydrogen-bond acceptors (Lipinski definition) is 7. The Morgan fingerprint density at radius 1 is 1.15 bits per heavy atom. The molecule has 11 heteroatoms. The van der Waals surface area contributed by atoms with Crippen LogP contribution in [0.1, 0.15) is 47.5 Å². The summed E-state index contributed by atoms with van der Waals surface area (Å²) in [6.45, 7) is 4.36. The summed E-state index contributed by atoms with van der Waals surface area (Å²) < 4.78 is 27.8. The van der Waals surface area contributed by atoms with E-state index >= 15 is 0 Å². The topological polar surface area (TPSA) is 86.6 Å². The van der Waals surface area contributed by atoms with E-state index in [0.29, 0.717) is 0 Å². The molecule has 26 heavy (non-hydrogen) atoms. The maximum Gasteiger partial charge on any atom is 0.325 e. The predicted octanol–water partition coefficient (Wildman–Crippen LogP) is 1.09. The first-order chi connectivity index (χ1) is 11.5. The van der Waals surface area contributed by atoms with Crippen LogP contribution in [0.4, 0.5) is 0 Å². The van der Waals surface area contributed by atoms with Crippen molar-refractivity contribution in [1.82, 2.24) is 0 Å². The van der Waals surface area contributed by atoms with Gasteiger partial charge in [0.2, 0.25) is 0 Å². The fraction of sp³-hybridized carbons (Fsp3) is 1.00. The summed E-state index contributed by atoms with van der Waals surface area (Å²) in [6, 6.07) is 0. The Morgan fingerprint density at radius 3 is 2.19 bits per heavy atom. The van der Waals surface area contributed by atoms with Gasteiger partial charge in [-0.15, -0.1) is 0 Å². The molecule has 2 aliphatic rings. The molecule has 2 fully saturated rings. The second kappa shape index (κ2) is 6.78. The van der Waals surface area contributed by atoms with Crippen LogP contribution in [0.5, 0.6) is 0 Å². The van der Waals surface area contributed by atoms with Gasteiger partial charge in [0.25, 0.3) is 0 Å². The number of rotatable bonds is 6. The molecule has 4 radical (unpaired) electrons. The fourth-order valence-corrected chi connectivity index (χ4v) is 5.58. The summed E-state index contributed by atoms with van der Waals surface area (Å²) in [6.07, 6.45) is -0.366. The highest BCUT2D eigenvalue weighted by Crippen LogP contribution is 2.55. The summed E-state index contributed by atoms with van der Waals surface area (Å²) in [4.78, 5) is 10.6. The summed E-state index contributed by atoms with van der Waals surface area (Å²) in [5.41, 5.74) is -5.53. The first-order valence-electron chi connectivity index (χ1n) is 8.34. The summed E-state index contributed by atoms with van der Waals surface area (Å²) in [7, 11) is 13.4. The number of hydrogen-bond donors (Lipinski definition) is 2. The minimum atomic E-state index is -3.72. The van der Waals surface area contributed by atoms with E-state index in [4.69, 9.17) is 50.8 Å². The van der Waals surface area contributed by atoms with Gasteiger partial charge in [0.1, 0.15) is 26.9 Å². The monoisotopic (exact) mass is 404 g/mol. The minimum Gasteiger partial charge on any atom is -0.387 e. The highest BCUT2D eigenvalue weighted by atomic mass is 32.5. The SMILES string of the molecule is [B]C1(C)C[C@@](C)(OP(O)(=S)OCC2(C)OC([B])(C)C[C@@]2(C)O)C(OC)O1. The van der Waals surface area contributed by atoms with Crippen molar-refractivity contribution >= 4 is 34.2 Å². The van der Waals surface area contributed by atoms with E-state index < -0.39 is 40.8 Å². The molecular weight excluding hydrogens is 377 g/mol. The third-order valence-electron chi connectivity index (χ3n) is 4.91. The van der Waals surface area contributed by atoms with Crippen molar-refractivity contribution in [3.05, 3.63) is 0 Å². The lowest BCUT2D eigenvalue weighted by molar-refractivity contribution is -0.180. The van der Waals surface area contributed by atoms with Gasteiger partial charge in [-0.25, -0.2) is 0 Å². The van der Waals surface area contributed by atoms with Crippen molar-refractivity contribution < 1.29 is 33.3 Å². The average Bonchev–Trinajstić information content (AvgIpc) is 2.71. The predicted molar refractivity (Wildman–Crippen MR) is 101 cm³/mol. The van der Waals surface area contributed by atoms with E-state index in [1.165, 1.54) is 7.11 Å². The molecule has 0 aromatic rings. The van der Waals surface area contributed by atoms with Crippen LogP contribution in [0, 0.1) is 0 Å². The normalized spacial score (nSPS) is 51.5. The molecule has 146 valence electrons. The molecule has 2 aliphatic heterocycles. The Labute approximate surface area is 163 Å². The fourth-order valence-electron chi connectivity index (χ4n) is 3.77. The third kappa shape index (κ3) is 4.73. The molecular formula is C15H27B2O7PS. The highest BCUT2D eigenvalue weighted by molar-refractivity contribution is 8.07.